The number of benzene rings is 1. The molecule has 0 fully saturated rings. The second-order valence-corrected chi connectivity index (χ2v) is 4.17. The highest BCUT2D eigenvalue weighted by atomic mass is 16.5. The quantitative estimate of drug-likeness (QED) is 0.713. The van der Waals surface area contributed by atoms with Crippen molar-refractivity contribution < 1.29 is 24.2 Å². The molecule has 0 atom stereocenters. The molecule has 0 unspecified atom stereocenters. The molecule has 0 aliphatic rings. The number of unbranched alkanes of at least 4 members (excludes halogenated alkanes) is 1. The van der Waals surface area contributed by atoms with Gasteiger partial charge in [0.05, 0.1) is 18.4 Å². The predicted octanol–water partition coefficient (Wildman–Crippen LogP) is 2.15. The average Bonchev–Trinajstić information content (AvgIpc) is 2.43. The smallest absolute Gasteiger partial charge is 0.337 e. The number of rotatable bonds is 8. The van der Waals surface area contributed by atoms with Gasteiger partial charge in [0.25, 0.3) is 0 Å². The van der Waals surface area contributed by atoms with E-state index in [-0.39, 0.29) is 23.8 Å². The third-order valence-corrected chi connectivity index (χ3v) is 2.61. The summed E-state index contributed by atoms with van der Waals surface area (Å²) >= 11 is 0. The number of aromatic carboxylic acids is 1. The molecule has 20 heavy (non-hydrogen) atoms. The van der Waals surface area contributed by atoms with Gasteiger partial charge in [-0.15, -0.1) is 0 Å². The Balaban J connectivity index is 2.66. The number of amides is 1. The number of ether oxygens (including phenoxy) is 2. The summed E-state index contributed by atoms with van der Waals surface area (Å²) in [6.07, 6.45) is 1.87. The van der Waals surface area contributed by atoms with Gasteiger partial charge in [-0.1, -0.05) is 13.3 Å². The molecule has 6 nitrogen and oxygen atoms in total. The van der Waals surface area contributed by atoms with Crippen molar-refractivity contribution in [3.05, 3.63) is 23.8 Å². The number of carbonyl (C=O) groups is 2. The molecule has 110 valence electrons. The Labute approximate surface area is 117 Å². The van der Waals surface area contributed by atoms with Crippen molar-refractivity contribution in [3.8, 4) is 5.75 Å². The predicted molar refractivity (Wildman–Crippen MR) is 74.3 cm³/mol. The van der Waals surface area contributed by atoms with Crippen LogP contribution < -0.4 is 10.1 Å². The fourth-order valence-electron chi connectivity index (χ4n) is 1.53. The Morgan fingerprint density at radius 1 is 1.35 bits per heavy atom. The third kappa shape index (κ3) is 4.89. The Morgan fingerprint density at radius 3 is 2.70 bits per heavy atom. The van der Waals surface area contributed by atoms with Crippen LogP contribution in [0, 0.1) is 0 Å². The molecule has 1 aromatic rings. The molecule has 1 rings (SSSR count). The molecule has 0 aliphatic carbocycles. The zero-order chi connectivity index (χ0) is 15.0. The number of nitrogens with one attached hydrogen (secondary N) is 1. The molecule has 1 amide bonds. The van der Waals surface area contributed by atoms with Crippen LogP contribution >= 0.6 is 0 Å². The molecule has 2 N–H and O–H groups in total. The monoisotopic (exact) mass is 281 g/mol. The summed E-state index contributed by atoms with van der Waals surface area (Å²) in [5, 5.41) is 11.6. The maximum Gasteiger partial charge on any atom is 0.337 e. The van der Waals surface area contributed by atoms with E-state index in [2.05, 4.69) is 5.32 Å². The molecule has 6 heteroatoms. The van der Waals surface area contributed by atoms with Crippen LogP contribution in [0.15, 0.2) is 18.2 Å². The van der Waals surface area contributed by atoms with Crippen molar-refractivity contribution in [2.75, 3.05) is 25.6 Å². The number of carbonyl (C=O) groups excluding carboxylic acids is 1. The summed E-state index contributed by atoms with van der Waals surface area (Å²) < 4.78 is 10.1. The summed E-state index contributed by atoms with van der Waals surface area (Å²) in [6, 6.07) is 4.43. The minimum atomic E-state index is -1.13. The normalized spacial score (nSPS) is 10.1. The Morgan fingerprint density at radius 2 is 2.10 bits per heavy atom. The van der Waals surface area contributed by atoms with Gasteiger partial charge in [0, 0.05) is 6.61 Å². The van der Waals surface area contributed by atoms with E-state index in [1.165, 1.54) is 19.2 Å². The Hall–Kier alpha value is -2.08. The van der Waals surface area contributed by atoms with Gasteiger partial charge in [-0.25, -0.2) is 4.79 Å². The largest absolute Gasteiger partial charge is 0.497 e. The second kappa shape index (κ2) is 8.16. The highest BCUT2D eigenvalue weighted by Gasteiger charge is 2.13. The standard InChI is InChI=1S/C14H19NO5/c1-3-4-7-20-9-13(16)15-12-6-5-10(19-2)8-11(12)14(17)18/h5-6,8H,3-4,7,9H2,1-2H3,(H,15,16)(H,17,18). The maximum atomic E-state index is 11.6. The molecule has 0 bridgehead atoms. The first-order valence-electron chi connectivity index (χ1n) is 6.37. The zero-order valence-corrected chi connectivity index (χ0v) is 11.6. The van der Waals surface area contributed by atoms with E-state index in [0.29, 0.717) is 12.4 Å². The number of hydrogen-bond donors (Lipinski definition) is 2. The molecular formula is C14H19NO5. The van der Waals surface area contributed by atoms with Crippen molar-refractivity contribution in [2.24, 2.45) is 0 Å². The summed E-state index contributed by atoms with van der Waals surface area (Å²) in [5.41, 5.74) is 0.202. The van der Waals surface area contributed by atoms with Crippen molar-refractivity contribution in [1.82, 2.24) is 0 Å². The van der Waals surface area contributed by atoms with Crippen LogP contribution in [0.5, 0.6) is 5.75 Å². The lowest BCUT2D eigenvalue weighted by atomic mass is 10.1. The molecular weight excluding hydrogens is 262 g/mol. The van der Waals surface area contributed by atoms with Crippen LogP contribution in [0.2, 0.25) is 0 Å². The summed E-state index contributed by atoms with van der Waals surface area (Å²) in [6.45, 7) is 2.45. The van der Waals surface area contributed by atoms with Crippen LogP contribution in [0.3, 0.4) is 0 Å². The van der Waals surface area contributed by atoms with Crippen LogP contribution in [0.25, 0.3) is 0 Å². The molecule has 0 heterocycles. The minimum absolute atomic E-state index is 0.0220. The number of carboxylic acid groups (broad SMARTS) is 1. The van der Waals surface area contributed by atoms with Gasteiger partial charge in [-0.3, -0.25) is 4.79 Å². The Bertz CT molecular complexity index is 473. The van der Waals surface area contributed by atoms with E-state index in [1.54, 1.807) is 6.07 Å². The fraction of sp³-hybridized carbons (Fsp3) is 0.429. The van der Waals surface area contributed by atoms with Crippen molar-refractivity contribution in [2.45, 2.75) is 19.8 Å². The maximum absolute atomic E-state index is 11.6. The van der Waals surface area contributed by atoms with Crippen LogP contribution in [-0.2, 0) is 9.53 Å². The van der Waals surface area contributed by atoms with Gasteiger partial charge in [0.2, 0.25) is 5.91 Å². The minimum Gasteiger partial charge on any atom is -0.497 e. The van der Waals surface area contributed by atoms with E-state index in [0.717, 1.165) is 12.8 Å². The summed E-state index contributed by atoms with van der Waals surface area (Å²) in [7, 11) is 1.45. The van der Waals surface area contributed by atoms with E-state index in [1.807, 2.05) is 6.92 Å². The highest BCUT2D eigenvalue weighted by molar-refractivity contribution is 6.01. The molecule has 0 saturated heterocycles. The molecule has 1 aromatic carbocycles. The molecule has 0 radical (unpaired) electrons. The lowest BCUT2D eigenvalue weighted by molar-refractivity contribution is -0.120. The lowest BCUT2D eigenvalue weighted by Crippen LogP contribution is -2.20. The summed E-state index contributed by atoms with van der Waals surface area (Å²) in [4.78, 5) is 22.8. The van der Waals surface area contributed by atoms with E-state index in [9.17, 15) is 9.59 Å². The number of methoxy groups -OCH3 is 1. The average molecular weight is 281 g/mol. The first-order valence-corrected chi connectivity index (χ1v) is 6.37. The molecule has 0 aromatic heterocycles. The van der Waals surface area contributed by atoms with Crippen LogP contribution in [-0.4, -0.2) is 37.3 Å². The van der Waals surface area contributed by atoms with E-state index >= 15 is 0 Å². The van der Waals surface area contributed by atoms with Gasteiger partial charge in [0.1, 0.15) is 12.4 Å². The molecule has 0 spiro atoms. The fourth-order valence-corrected chi connectivity index (χ4v) is 1.53. The van der Waals surface area contributed by atoms with Gasteiger partial charge in [-0.05, 0) is 24.6 Å². The van der Waals surface area contributed by atoms with E-state index < -0.39 is 5.97 Å². The first-order chi connectivity index (χ1) is 9.58. The molecule has 0 saturated carbocycles. The Kier molecular flexibility index (Phi) is 6.52. The van der Waals surface area contributed by atoms with Crippen molar-refractivity contribution in [1.29, 1.82) is 0 Å². The second-order valence-electron chi connectivity index (χ2n) is 4.17. The number of anilines is 1. The van der Waals surface area contributed by atoms with Crippen LogP contribution in [0.4, 0.5) is 5.69 Å². The zero-order valence-electron chi connectivity index (χ0n) is 11.6. The van der Waals surface area contributed by atoms with Crippen LogP contribution in [0.1, 0.15) is 30.1 Å². The SMILES string of the molecule is CCCCOCC(=O)Nc1ccc(OC)cc1C(=O)O. The van der Waals surface area contributed by atoms with Gasteiger partial charge in [0.15, 0.2) is 0 Å². The number of hydrogen-bond acceptors (Lipinski definition) is 4. The first kappa shape index (κ1) is 16.0. The summed E-state index contributed by atoms with van der Waals surface area (Å²) in [5.74, 6) is -1.10. The van der Waals surface area contributed by atoms with Crippen molar-refractivity contribution >= 4 is 17.6 Å². The number of carboxylic acids is 1. The van der Waals surface area contributed by atoms with Gasteiger partial charge in [-0.2, -0.15) is 0 Å². The van der Waals surface area contributed by atoms with E-state index in [4.69, 9.17) is 14.6 Å². The third-order valence-electron chi connectivity index (χ3n) is 2.61. The van der Waals surface area contributed by atoms with Crippen molar-refractivity contribution in [3.63, 3.8) is 0 Å². The highest BCUT2D eigenvalue weighted by Crippen LogP contribution is 2.22. The molecule has 0 aliphatic heterocycles. The topological polar surface area (TPSA) is 84.9 Å². The lowest BCUT2D eigenvalue weighted by Gasteiger charge is -2.10. The van der Waals surface area contributed by atoms with Gasteiger partial charge >= 0.3 is 5.97 Å². The van der Waals surface area contributed by atoms with Gasteiger partial charge < -0.3 is 19.9 Å².